The van der Waals surface area contributed by atoms with Crippen LogP contribution < -0.4 is 5.32 Å². The maximum atomic E-state index is 10.7. The van der Waals surface area contributed by atoms with Crippen molar-refractivity contribution in [2.24, 2.45) is 5.41 Å². The molecule has 18 heavy (non-hydrogen) atoms. The second-order valence-electron chi connectivity index (χ2n) is 5.22. The van der Waals surface area contributed by atoms with Crippen LogP contribution in [0.1, 0.15) is 38.2 Å². The third kappa shape index (κ3) is 2.78. The highest BCUT2D eigenvalue weighted by Gasteiger charge is 2.41. The predicted molar refractivity (Wildman–Crippen MR) is 70.7 cm³/mol. The molecule has 2 rings (SSSR count). The quantitative estimate of drug-likeness (QED) is 0.620. The molecule has 0 amide bonds. The molecular weight excluding hydrogens is 230 g/mol. The monoisotopic (exact) mass is 249 g/mol. The van der Waals surface area contributed by atoms with Gasteiger partial charge < -0.3 is 5.32 Å². The summed E-state index contributed by atoms with van der Waals surface area (Å²) in [6.45, 7) is 4.86. The van der Waals surface area contributed by atoms with E-state index in [-0.39, 0.29) is 5.69 Å². The number of pyridine rings is 1. The van der Waals surface area contributed by atoms with Gasteiger partial charge in [0.25, 0.3) is 5.69 Å². The summed E-state index contributed by atoms with van der Waals surface area (Å²) in [4.78, 5) is 14.4. The van der Waals surface area contributed by atoms with Crippen LogP contribution >= 0.6 is 0 Å². The molecule has 1 heterocycles. The van der Waals surface area contributed by atoms with E-state index < -0.39 is 4.92 Å². The van der Waals surface area contributed by atoms with Gasteiger partial charge in [0.1, 0.15) is 12.0 Å². The van der Waals surface area contributed by atoms with Gasteiger partial charge >= 0.3 is 0 Å². The smallest absolute Gasteiger partial charge is 0.290 e. The van der Waals surface area contributed by atoms with E-state index in [1.165, 1.54) is 31.9 Å². The molecule has 0 aromatic carbocycles. The van der Waals surface area contributed by atoms with Crippen molar-refractivity contribution in [1.82, 2.24) is 4.98 Å². The fourth-order valence-corrected chi connectivity index (χ4v) is 2.34. The van der Waals surface area contributed by atoms with Gasteiger partial charge in [-0.15, -0.1) is 0 Å². The lowest BCUT2D eigenvalue weighted by atomic mass is 10.0. The first-order chi connectivity index (χ1) is 8.56. The van der Waals surface area contributed by atoms with E-state index in [1.807, 2.05) is 0 Å². The number of aromatic nitrogens is 1. The summed E-state index contributed by atoms with van der Waals surface area (Å²) in [5, 5.41) is 14.0. The van der Waals surface area contributed by atoms with Gasteiger partial charge in [-0.05, 0) is 37.7 Å². The fraction of sp³-hybridized carbons (Fsp3) is 0.615. The molecule has 1 saturated carbocycles. The Morgan fingerprint density at radius 2 is 2.28 bits per heavy atom. The standard InChI is InChI=1S/C13H19N3O2/c1-3-4-13(5-6-13)9-15-12-7-10(2)11(8-14-12)16(17)18/h7-8H,3-6,9H2,1-2H3,(H,14,15). The molecule has 0 atom stereocenters. The number of nitrogens with one attached hydrogen (secondary N) is 1. The topological polar surface area (TPSA) is 68.1 Å². The van der Waals surface area contributed by atoms with Crippen molar-refractivity contribution in [3.63, 3.8) is 0 Å². The minimum Gasteiger partial charge on any atom is -0.370 e. The Kier molecular flexibility index (Phi) is 3.50. The van der Waals surface area contributed by atoms with Crippen LogP contribution in [0.4, 0.5) is 11.5 Å². The number of aryl methyl sites for hydroxylation is 1. The summed E-state index contributed by atoms with van der Waals surface area (Å²) in [6.07, 6.45) is 6.33. The van der Waals surface area contributed by atoms with Gasteiger partial charge in [0.2, 0.25) is 0 Å². The van der Waals surface area contributed by atoms with E-state index in [4.69, 9.17) is 0 Å². The average Bonchev–Trinajstić information content (AvgIpc) is 3.07. The maximum Gasteiger partial charge on any atom is 0.290 e. The SMILES string of the molecule is CCCC1(CNc2cc(C)c([N+](=O)[O-])cn2)CC1. The number of nitrogens with zero attached hydrogens (tertiary/aromatic N) is 2. The van der Waals surface area contributed by atoms with Crippen LogP contribution in [0.5, 0.6) is 0 Å². The van der Waals surface area contributed by atoms with E-state index in [9.17, 15) is 10.1 Å². The summed E-state index contributed by atoms with van der Waals surface area (Å²) < 4.78 is 0. The molecule has 1 aromatic heterocycles. The molecule has 0 unspecified atom stereocenters. The van der Waals surface area contributed by atoms with Gasteiger partial charge in [0.15, 0.2) is 0 Å². The largest absolute Gasteiger partial charge is 0.370 e. The molecule has 0 aliphatic heterocycles. The minimum atomic E-state index is -0.397. The zero-order valence-corrected chi connectivity index (χ0v) is 10.9. The Balaban J connectivity index is 1.98. The van der Waals surface area contributed by atoms with Crippen molar-refractivity contribution in [1.29, 1.82) is 0 Å². The summed E-state index contributed by atoms with van der Waals surface area (Å²) in [7, 11) is 0. The van der Waals surface area contributed by atoms with Crippen LogP contribution in [0.25, 0.3) is 0 Å². The van der Waals surface area contributed by atoms with Crippen molar-refractivity contribution in [2.75, 3.05) is 11.9 Å². The van der Waals surface area contributed by atoms with Crippen molar-refractivity contribution in [3.05, 3.63) is 27.9 Å². The molecule has 1 aliphatic carbocycles. The first-order valence-electron chi connectivity index (χ1n) is 6.41. The van der Waals surface area contributed by atoms with E-state index in [0.717, 1.165) is 12.4 Å². The van der Waals surface area contributed by atoms with Gasteiger partial charge in [0, 0.05) is 12.1 Å². The first-order valence-corrected chi connectivity index (χ1v) is 6.41. The summed E-state index contributed by atoms with van der Waals surface area (Å²) in [5.74, 6) is 0.737. The van der Waals surface area contributed by atoms with Crippen molar-refractivity contribution < 1.29 is 4.92 Å². The van der Waals surface area contributed by atoms with Crippen LogP contribution in [0.15, 0.2) is 12.3 Å². The van der Waals surface area contributed by atoms with E-state index >= 15 is 0 Å². The summed E-state index contributed by atoms with van der Waals surface area (Å²) in [6, 6.07) is 1.75. The molecule has 0 bridgehead atoms. The Bertz CT molecular complexity index is 456. The van der Waals surface area contributed by atoms with Gasteiger partial charge in [-0.1, -0.05) is 13.3 Å². The molecule has 98 valence electrons. The molecule has 1 fully saturated rings. The lowest BCUT2D eigenvalue weighted by Crippen LogP contribution is -2.16. The highest BCUT2D eigenvalue weighted by Crippen LogP contribution is 2.49. The fourth-order valence-electron chi connectivity index (χ4n) is 2.34. The zero-order chi connectivity index (χ0) is 13.2. The molecule has 0 spiro atoms. The normalized spacial score (nSPS) is 16.3. The lowest BCUT2D eigenvalue weighted by molar-refractivity contribution is -0.385. The maximum absolute atomic E-state index is 10.7. The summed E-state index contributed by atoms with van der Waals surface area (Å²) >= 11 is 0. The number of anilines is 1. The van der Waals surface area contributed by atoms with Crippen LogP contribution in [-0.4, -0.2) is 16.5 Å². The second kappa shape index (κ2) is 4.92. The second-order valence-corrected chi connectivity index (χ2v) is 5.22. The van der Waals surface area contributed by atoms with E-state index in [1.54, 1.807) is 13.0 Å². The molecule has 0 radical (unpaired) electrons. The number of nitro groups is 1. The van der Waals surface area contributed by atoms with Crippen molar-refractivity contribution in [2.45, 2.75) is 39.5 Å². The highest BCUT2D eigenvalue weighted by atomic mass is 16.6. The molecule has 1 aliphatic rings. The minimum absolute atomic E-state index is 0.0789. The average molecular weight is 249 g/mol. The predicted octanol–water partition coefficient (Wildman–Crippen LogP) is 3.29. The van der Waals surface area contributed by atoms with Gasteiger partial charge in [-0.25, -0.2) is 4.98 Å². The first kappa shape index (κ1) is 12.8. The van der Waals surface area contributed by atoms with E-state index in [2.05, 4.69) is 17.2 Å². The van der Waals surface area contributed by atoms with Crippen LogP contribution in [0, 0.1) is 22.5 Å². The van der Waals surface area contributed by atoms with Crippen LogP contribution in [-0.2, 0) is 0 Å². The number of hydrogen-bond donors (Lipinski definition) is 1. The Labute approximate surface area is 107 Å². The number of rotatable bonds is 6. The molecule has 1 N–H and O–H groups in total. The van der Waals surface area contributed by atoms with Crippen LogP contribution in [0.3, 0.4) is 0 Å². The van der Waals surface area contributed by atoms with Crippen LogP contribution in [0.2, 0.25) is 0 Å². The van der Waals surface area contributed by atoms with Gasteiger partial charge in [-0.2, -0.15) is 0 Å². The Hall–Kier alpha value is -1.65. The van der Waals surface area contributed by atoms with E-state index in [0.29, 0.717) is 11.0 Å². The van der Waals surface area contributed by atoms with Crippen molar-refractivity contribution >= 4 is 11.5 Å². The molecule has 5 nitrogen and oxygen atoms in total. The van der Waals surface area contributed by atoms with Gasteiger partial charge in [-0.3, -0.25) is 10.1 Å². The molecule has 0 saturated heterocycles. The zero-order valence-electron chi connectivity index (χ0n) is 10.9. The molecular formula is C13H19N3O2. The highest BCUT2D eigenvalue weighted by molar-refractivity contribution is 5.47. The lowest BCUT2D eigenvalue weighted by Gasteiger charge is -2.15. The Morgan fingerprint density at radius 1 is 1.56 bits per heavy atom. The summed E-state index contributed by atoms with van der Waals surface area (Å²) in [5.41, 5.74) is 1.18. The number of hydrogen-bond acceptors (Lipinski definition) is 4. The third-order valence-corrected chi connectivity index (χ3v) is 3.66. The van der Waals surface area contributed by atoms with Crippen molar-refractivity contribution in [3.8, 4) is 0 Å². The molecule has 5 heteroatoms. The van der Waals surface area contributed by atoms with Gasteiger partial charge in [0.05, 0.1) is 4.92 Å². The molecule has 1 aromatic rings. The third-order valence-electron chi connectivity index (χ3n) is 3.66. The Morgan fingerprint density at radius 3 is 2.78 bits per heavy atom.